The molecule has 2 rings (SSSR count). The van der Waals surface area contributed by atoms with Crippen molar-refractivity contribution in [2.45, 2.75) is 6.18 Å². The molecule has 1 N–H and O–H groups in total. The third kappa shape index (κ3) is 3.46. The molecule has 110 valence electrons. The molecule has 3 nitrogen and oxygen atoms in total. The standard InChI is InChI=1S/C14H8ClF3O3/c15-11-7-8(5-6-10(11)14(16,17)18)9-3-1-2-4-12(9)21-13(19)20/h1-7H,(H,19,20). The van der Waals surface area contributed by atoms with E-state index in [4.69, 9.17) is 16.7 Å². The summed E-state index contributed by atoms with van der Waals surface area (Å²) in [5.74, 6) is 0.0147. The van der Waals surface area contributed by atoms with E-state index in [9.17, 15) is 18.0 Å². The predicted molar refractivity (Wildman–Crippen MR) is 70.5 cm³/mol. The minimum atomic E-state index is -4.55. The molecule has 0 saturated carbocycles. The van der Waals surface area contributed by atoms with Gasteiger partial charge in [-0.1, -0.05) is 35.9 Å². The van der Waals surface area contributed by atoms with Gasteiger partial charge in [0, 0.05) is 5.56 Å². The average Bonchev–Trinajstić information content (AvgIpc) is 2.37. The molecule has 0 saturated heterocycles. The Morgan fingerprint density at radius 3 is 2.38 bits per heavy atom. The predicted octanol–water partition coefficient (Wildman–Crippen LogP) is 5.08. The Labute approximate surface area is 122 Å². The summed E-state index contributed by atoms with van der Waals surface area (Å²) in [4.78, 5) is 10.6. The van der Waals surface area contributed by atoms with E-state index in [0.717, 1.165) is 12.1 Å². The lowest BCUT2D eigenvalue weighted by atomic mass is 10.0. The van der Waals surface area contributed by atoms with Crippen LogP contribution in [0.4, 0.5) is 18.0 Å². The molecule has 0 aliphatic carbocycles. The van der Waals surface area contributed by atoms with Gasteiger partial charge in [-0.25, -0.2) is 4.79 Å². The Kier molecular flexibility index (Phi) is 4.09. The van der Waals surface area contributed by atoms with Gasteiger partial charge in [0.1, 0.15) is 5.75 Å². The van der Waals surface area contributed by atoms with Crippen LogP contribution >= 0.6 is 11.6 Å². The van der Waals surface area contributed by atoms with Gasteiger partial charge in [0.05, 0.1) is 10.6 Å². The third-order valence-corrected chi connectivity index (χ3v) is 2.98. The minimum Gasteiger partial charge on any atom is -0.449 e. The van der Waals surface area contributed by atoms with E-state index in [0.29, 0.717) is 11.1 Å². The number of alkyl halides is 3. The topological polar surface area (TPSA) is 46.5 Å². The summed E-state index contributed by atoms with van der Waals surface area (Å²) in [5, 5.41) is 8.18. The summed E-state index contributed by atoms with van der Waals surface area (Å²) in [7, 11) is 0. The van der Waals surface area contributed by atoms with Crippen LogP contribution < -0.4 is 4.74 Å². The third-order valence-electron chi connectivity index (χ3n) is 2.67. The number of hydrogen-bond acceptors (Lipinski definition) is 2. The SMILES string of the molecule is O=C(O)Oc1ccccc1-c1ccc(C(F)(F)F)c(Cl)c1. The van der Waals surface area contributed by atoms with E-state index in [2.05, 4.69) is 4.74 Å². The van der Waals surface area contributed by atoms with Gasteiger partial charge in [-0.15, -0.1) is 0 Å². The van der Waals surface area contributed by atoms with Gasteiger partial charge in [0.25, 0.3) is 0 Å². The number of halogens is 4. The maximum Gasteiger partial charge on any atom is 0.511 e. The molecule has 2 aromatic rings. The highest BCUT2D eigenvalue weighted by molar-refractivity contribution is 6.31. The van der Waals surface area contributed by atoms with E-state index < -0.39 is 22.9 Å². The smallest absolute Gasteiger partial charge is 0.449 e. The molecule has 0 spiro atoms. The van der Waals surface area contributed by atoms with Crippen molar-refractivity contribution in [1.82, 2.24) is 0 Å². The van der Waals surface area contributed by atoms with Gasteiger partial charge in [-0.2, -0.15) is 13.2 Å². The van der Waals surface area contributed by atoms with Gasteiger partial charge >= 0.3 is 12.3 Å². The van der Waals surface area contributed by atoms with Crippen LogP contribution in [0.25, 0.3) is 11.1 Å². The second kappa shape index (κ2) is 5.65. The van der Waals surface area contributed by atoms with Crippen LogP contribution in [0.5, 0.6) is 5.75 Å². The molecule has 0 bridgehead atoms. The van der Waals surface area contributed by atoms with Crippen molar-refractivity contribution in [3.63, 3.8) is 0 Å². The normalized spacial score (nSPS) is 11.2. The Morgan fingerprint density at radius 2 is 1.81 bits per heavy atom. The van der Waals surface area contributed by atoms with Crippen LogP contribution in [0.1, 0.15) is 5.56 Å². The molecular formula is C14H8ClF3O3. The van der Waals surface area contributed by atoms with Crippen LogP contribution in [0.15, 0.2) is 42.5 Å². The number of para-hydroxylation sites is 1. The number of rotatable bonds is 2. The van der Waals surface area contributed by atoms with Crippen molar-refractivity contribution in [2.24, 2.45) is 0 Å². The van der Waals surface area contributed by atoms with Crippen LogP contribution in [0.2, 0.25) is 5.02 Å². The molecule has 0 amide bonds. The molecule has 0 unspecified atom stereocenters. The fraction of sp³-hybridized carbons (Fsp3) is 0.0714. The zero-order valence-electron chi connectivity index (χ0n) is 10.3. The van der Waals surface area contributed by atoms with E-state index in [1.54, 1.807) is 12.1 Å². The number of benzene rings is 2. The molecule has 0 fully saturated rings. The molecule has 0 radical (unpaired) electrons. The Hall–Kier alpha value is -2.21. The second-order valence-electron chi connectivity index (χ2n) is 4.06. The lowest BCUT2D eigenvalue weighted by Crippen LogP contribution is -2.06. The second-order valence-corrected chi connectivity index (χ2v) is 4.46. The van der Waals surface area contributed by atoms with Crippen molar-refractivity contribution in [1.29, 1.82) is 0 Å². The maximum absolute atomic E-state index is 12.6. The molecule has 0 aliphatic heterocycles. The molecule has 0 heterocycles. The summed E-state index contributed by atoms with van der Waals surface area (Å²) in [5.41, 5.74) is -0.301. The van der Waals surface area contributed by atoms with Crippen molar-refractivity contribution in [3.05, 3.63) is 53.1 Å². The number of hydrogen-bond donors (Lipinski definition) is 1. The zero-order valence-corrected chi connectivity index (χ0v) is 11.1. The lowest BCUT2D eigenvalue weighted by molar-refractivity contribution is -0.137. The first-order valence-corrected chi connectivity index (χ1v) is 6.04. The lowest BCUT2D eigenvalue weighted by Gasteiger charge is -2.12. The van der Waals surface area contributed by atoms with Gasteiger partial charge in [0.2, 0.25) is 0 Å². The Morgan fingerprint density at radius 1 is 1.14 bits per heavy atom. The largest absolute Gasteiger partial charge is 0.511 e. The Bertz CT molecular complexity index is 683. The van der Waals surface area contributed by atoms with E-state index >= 15 is 0 Å². The van der Waals surface area contributed by atoms with Crippen molar-refractivity contribution in [3.8, 4) is 16.9 Å². The molecule has 2 aromatic carbocycles. The molecule has 0 atom stereocenters. The van der Waals surface area contributed by atoms with Crippen LogP contribution in [-0.2, 0) is 6.18 Å². The van der Waals surface area contributed by atoms with Gasteiger partial charge in [0.15, 0.2) is 0 Å². The first-order chi connectivity index (χ1) is 9.79. The summed E-state index contributed by atoms with van der Waals surface area (Å²) in [6, 6.07) is 9.25. The van der Waals surface area contributed by atoms with Crippen LogP contribution in [-0.4, -0.2) is 11.3 Å². The van der Waals surface area contributed by atoms with Gasteiger partial charge in [-0.05, 0) is 23.8 Å². The number of carbonyl (C=O) groups is 1. The number of carboxylic acid groups (broad SMARTS) is 1. The minimum absolute atomic E-state index is 0.0147. The Balaban J connectivity index is 2.49. The van der Waals surface area contributed by atoms with Gasteiger partial charge < -0.3 is 9.84 Å². The van der Waals surface area contributed by atoms with Crippen molar-refractivity contribution < 1.29 is 27.8 Å². The van der Waals surface area contributed by atoms with E-state index in [1.807, 2.05) is 0 Å². The zero-order chi connectivity index (χ0) is 15.6. The number of ether oxygens (including phenoxy) is 1. The quantitative estimate of drug-likeness (QED) is 0.620. The summed E-state index contributed by atoms with van der Waals surface area (Å²) < 4.78 is 42.5. The summed E-state index contributed by atoms with van der Waals surface area (Å²) >= 11 is 5.64. The molecule has 21 heavy (non-hydrogen) atoms. The van der Waals surface area contributed by atoms with Crippen molar-refractivity contribution in [2.75, 3.05) is 0 Å². The first-order valence-electron chi connectivity index (χ1n) is 5.66. The highest BCUT2D eigenvalue weighted by Crippen LogP contribution is 2.38. The molecule has 0 aromatic heterocycles. The van der Waals surface area contributed by atoms with Crippen molar-refractivity contribution >= 4 is 17.8 Å². The van der Waals surface area contributed by atoms with Crippen LogP contribution in [0, 0.1) is 0 Å². The van der Waals surface area contributed by atoms with Crippen LogP contribution in [0.3, 0.4) is 0 Å². The highest BCUT2D eigenvalue weighted by atomic mass is 35.5. The highest BCUT2D eigenvalue weighted by Gasteiger charge is 2.33. The monoisotopic (exact) mass is 316 g/mol. The fourth-order valence-electron chi connectivity index (χ4n) is 1.80. The van der Waals surface area contributed by atoms with E-state index in [-0.39, 0.29) is 5.75 Å². The summed E-state index contributed by atoms with van der Waals surface area (Å²) in [6.45, 7) is 0. The molecule has 0 aliphatic rings. The summed E-state index contributed by atoms with van der Waals surface area (Å²) in [6.07, 6.45) is -6.06. The fourth-order valence-corrected chi connectivity index (χ4v) is 2.09. The average molecular weight is 317 g/mol. The molecule has 7 heteroatoms. The maximum atomic E-state index is 12.6. The first kappa shape index (κ1) is 15.2. The van der Waals surface area contributed by atoms with E-state index in [1.165, 1.54) is 18.2 Å². The van der Waals surface area contributed by atoms with Gasteiger partial charge in [-0.3, -0.25) is 0 Å². The molecular weight excluding hydrogens is 309 g/mol.